The molecule has 1 atom stereocenters. The van der Waals surface area contributed by atoms with Gasteiger partial charge in [-0.05, 0) is 111 Å². The zero-order chi connectivity index (χ0) is 32.6. The molecule has 0 aromatic heterocycles. The fourth-order valence-electron chi connectivity index (χ4n) is 7.01. The Morgan fingerprint density at radius 1 is 0.851 bits per heavy atom. The highest BCUT2D eigenvalue weighted by Gasteiger charge is 2.30. The van der Waals surface area contributed by atoms with Gasteiger partial charge in [0.25, 0.3) is 5.91 Å². The molecular formula is C38H44N6O3. The van der Waals surface area contributed by atoms with Crippen LogP contribution in [0.2, 0.25) is 0 Å². The van der Waals surface area contributed by atoms with Crippen molar-refractivity contribution in [1.29, 1.82) is 0 Å². The predicted octanol–water partition coefficient (Wildman–Crippen LogP) is 6.67. The lowest BCUT2D eigenvalue weighted by atomic mass is 9.77. The maximum Gasteiger partial charge on any atom is 0.254 e. The van der Waals surface area contributed by atoms with Crippen LogP contribution in [0, 0.1) is 17.8 Å². The van der Waals surface area contributed by atoms with Gasteiger partial charge in [0.15, 0.2) is 12.5 Å². The fraction of sp³-hybridized carbons (Fsp3) is 0.421. The van der Waals surface area contributed by atoms with Crippen molar-refractivity contribution in [2.24, 2.45) is 38.7 Å². The van der Waals surface area contributed by atoms with Crippen molar-refractivity contribution >= 4 is 29.1 Å². The molecule has 9 heteroatoms. The van der Waals surface area contributed by atoms with E-state index in [2.05, 4.69) is 20.5 Å². The lowest BCUT2D eigenvalue weighted by Gasteiger charge is -2.28. The first-order valence-electron chi connectivity index (χ1n) is 17.0. The zero-order valence-electron chi connectivity index (χ0n) is 26.9. The SMILES string of the molecule is NCC1CCC(C(=O)C[C@@H](Cc2ccc(-c3ccccc3C(=O)N3CCCCC3)cc2)C(=O)Nc2ccc(C3=NCN=N3)cc2)CC1. The summed E-state index contributed by atoms with van der Waals surface area (Å²) in [5.74, 6) is 0.567. The van der Waals surface area contributed by atoms with E-state index < -0.39 is 5.92 Å². The molecule has 47 heavy (non-hydrogen) atoms. The Labute approximate surface area is 276 Å². The van der Waals surface area contributed by atoms with E-state index in [9.17, 15) is 14.4 Å². The average Bonchev–Trinajstić information content (AvgIpc) is 3.67. The number of ketones is 1. The number of carbonyl (C=O) groups is 3. The molecule has 0 unspecified atom stereocenters. The molecule has 244 valence electrons. The summed E-state index contributed by atoms with van der Waals surface area (Å²) in [5, 5.41) is 11.0. The Balaban J connectivity index is 1.18. The minimum Gasteiger partial charge on any atom is -0.339 e. The summed E-state index contributed by atoms with van der Waals surface area (Å²) in [6.07, 6.45) is 7.47. The van der Waals surface area contributed by atoms with Crippen molar-refractivity contribution in [3.8, 4) is 11.1 Å². The summed E-state index contributed by atoms with van der Waals surface area (Å²) in [4.78, 5) is 46.9. The molecule has 0 bridgehead atoms. The topological polar surface area (TPSA) is 130 Å². The maximum absolute atomic E-state index is 13.8. The number of amidine groups is 1. The normalized spacial score (nSPS) is 20.0. The summed E-state index contributed by atoms with van der Waals surface area (Å²) in [5.41, 5.74) is 10.9. The quantitative estimate of drug-likeness (QED) is 0.245. The van der Waals surface area contributed by atoms with Crippen LogP contribution >= 0.6 is 0 Å². The molecule has 3 aromatic rings. The van der Waals surface area contributed by atoms with Crippen molar-refractivity contribution < 1.29 is 14.4 Å². The van der Waals surface area contributed by atoms with E-state index in [-0.39, 0.29) is 29.9 Å². The van der Waals surface area contributed by atoms with Gasteiger partial charge < -0.3 is 16.0 Å². The molecular weight excluding hydrogens is 588 g/mol. The molecule has 2 amide bonds. The van der Waals surface area contributed by atoms with E-state index in [0.717, 1.165) is 73.9 Å². The van der Waals surface area contributed by atoms with Crippen LogP contribution in [-0.2, 0) is 16.0 Å². The number of carbonyl (C=O) groups excluding carboxylic acids is 3. The second-order valence-corrected chi connectivity index (χ2v) is 13.1. The van der Waals surface area contributed by atoms with E-state index in [4.69, 9.17) is 5.73 Å². The third-order valence-electron chi connectivity index (χ3n) is 9.86. The molecule has 9 nitrogen and oxygen atoms in total. The molecule has 1 saturated carbocycles. The molecule has 0 spiro atoms. The lowest BCUT2D eigenvalue weighted by molar-refractivity contribution is -0.129. The van der Waals surface area contributed by atoms with E-state index >= 15 is 0 Å². The maximum atomic E-state index is 13.8. The van der Waals surface area contributed by atoms with Gasteiger partial charge in [-0.15, -0.1) is 5.11 Å². The number of Topliss-reactive ketones (excluding diaryl/α,β-unsaturated/α-hetero) is 1. The number of hydrogen-bond donors (Lipinski definition) is 2. The molecule has 1 saturated heterocycles. The number of nitrogens with one attached hydrogen (secondary N) is 1. The second-order valence-electron chi connectivity index (χ2n) is 13.1. The first-order valence-corrected chi connectivity index (χ1v) is 17.0. The van der Waals surface area contributed by atoms with Crippen LogP contribution in [0.3, 0.4) is 0 Å². The molecule has 3 aliphatic rings. The fourth-order valence-corrected chi connectivity index (χ4v) is 7.01. The number of hydrogen-bond acceptors (Lipinski definition) is 7. The standard InChI is InChI=1S/C38H44N6O3/c39-24-27-10-14-29(15-11-27)35(45)23-31(37(46)42-32-18-16-30(17-19-32)36-40-25-41-43-36)22-26-8-12-28(13-9-26)33-6-2-3-7-34(33)38(47)44-20-4-1-5-21-44/h2-3,6-9,12-13,16-19,27,29,31H,1,4-5,10-11,14-15,20-25,39H2,(H,42,46)/t27?,29?,31-/m1/s1. The smallest absolute Gasteiger partial charge is 0.254 e. The van der Waals surface area contributed by atoms with Crippen molar-refractivity contribution in [2.45, 2.75) is 57.8 Å². The number of nitrogens with two attached hydrogens (primary N) is 1. The third kappa shape index (κ3) is 8.08. The molecule has 1 aliphatic carbocycles. The molecule has 2 aliphatic heterocycles. The Bertz CT molecular complexity index is 1620. The van der Waals surface area contributed by atoms with Gasteiger partial charge in [-0.3, -0.25) is 14.4 Å². The first-order chi connectivity index (χ1) is 23.0. The monoisotopic (exact) mass is 632 g/mol. The molecule has 3 N–H and O–H groups in total. The summed E-state index contributed by atoms with van der Waals surface area (Å²) >= 11 is 0. The van der Waals surface area contributed by atoms with E-state index in [0.29, 0.717) is 42.6 Å². The van der Waals surface area contributed by atoms with Crippen LogP contribution < -0.4 is 11.1 Å². The minimum atomic E-state index is -0.527. The Morgan fingerprint density at radius 3 is 2.23 bits per heavy atom. The van der Waals surface area contributed by atoms with Crippen LogP contribution in [0.4, 0.5) is 5.69 Å². The number of azo groups is 1. The predicted molar refractivity (Wildman–Crippen MR) is 184 cm³/mol. The van der Waals surface area contributed by atoms with Crippen molar-refractivity contribution in [2.75, 3.05) is 31.6 Å². The number of rotatable bonds is 11. The molecule has 2 heterocycles. The van der Waals surface area contributed by atoms with Crippen LogP contribution in [0.1, 0.15) is 72.9 Å². The highest BCUT2D eigenvalue weighted by molar-refractivity contribution is 6.02. The van der Waals surface area contributed by atoms with Crippen LogP contribution in [0.25, 0.3) is 11.1 Å². The summed E-state index contributed by atoms with van der Waals surface area (Å²) in [6.45, 7) is 2.60. The van der Waals surface area contributed by atoms with Crippen molar-refractivity contribution in [3.05, 3.63) is 89.5 Å². The van der Waals surface area contributed by atoms with Gasteiger partial charge in [0.05, 0.1) is 0 Å². The lowest BCUT2D eigenvalue weighted by Crippen LogP contribution is -2.35. The highest BCUT2D eigenvalue weighted by Crippen LogP contribution is 2.32. The minimum absolute atomic E-state index is 0.0231. The Kier molecular flexibility index (Phi) is 10.6. The first kappa shape index (κ1) is 32.4. The van der Waals surface area contributed by atoms with Crippen LogP contribution in [-0.4, -0.2) is 54.6 Å². The Morgan fingerprint density at radius 2 is 1.55 bits per heavy atom. The van der Waals surface area contributed by atoms with Gasteiger partial charge in [-0.1, -0.05) is 42.5 Å². The largest absolute Gasteiger partial charge is 0.339 e. The third-order valence-corrected chi connectivity index (χ3v) is 9.86. The van der Waals surface area contributed by atoms with Crippen LogP contribution in [0.5, 0.6) is 0 Å². The number of anilines is 1. The van der Waals surface area contributed by atoms with Gasteiger partial charge in [0.1, 0.15) is 5.78 Å². The molecule has 6 rings (SSSR count). The average molecular weight is 633 g/mol. The number of aliphatic imine (C=N–C) groups is 1. The number of nitrogens with zero attached hydrogens (tertiary/aromatic N) is 4. The van der Waals surface area contributed by atoms with Gasteiger partial charge >= 0.3 is 0 Å². The van der Waals surface area contributed by atoms with Gasteiger partial charge in [0, 0.05) is 48.2 Å². The molecule has 0 radical (unpaired) electrons. The highest BCUT2D eigenvalue weighted by atomic mass is 16.2. The van der Waals surface area contributed by atoms with Gasteiger partial charge in [-0.2, -0.15) is 5.11 Å². The number of likely N-dealkylation sites (tertiary alicyclic amines) is 1. The van der Waals surface area contributed by atoms with E-state index in [1.165, 1.54) is 6.42 Å². The van der Waals surface area contributed by atoms with Gasteiger partial charge in [0.2, 0.25) is 5.91 Å². The number of piperidine rings is 1. The number of amides is 2. The van der Waals surface area contributed by atoms with Crippen molar-refractivity contribution in [3.63, 3.8) is 0 Å². The van der Waals surface area contributed by atoms with Gasteiger partial charge in [-0.25, -0.2) is 4.99 Å². The zero-order valence-corrected chi connectivity index (χ0v) is 26.9. The summed E-state index contributed by atoms with van der Waals surface area (Å²) in [6, 6.07) is 23.2. The van der Waals surface area contributed by atoms with E-state index in [1.54, 1.807) is 0 Å². The molecule has 3 aromatic carbocycles. The summed E-state index contributed by atoms with van der Waals surface area (Å²) in [7, 11) is 0. The second kappa shape index (κ2) is 15.4. The van der Waals surface area contributed by atoms with Crippen LogP contribution in [0.15, 0.2) is 88.0 Å². The van der Waals surface area contributed by atoms with E-state index in [1.807, 2.05) is 77.7 Å². The number of benzene rings is 3. The summed E-state index contributed by atoms with van der Waals surface area (Å²) < 4.78 is 0. The van der Waals surface area contributed by atoms with Crippen molar-refractivity contribution in [1.82, 2.24) is 4.90 Å². The molecule has 2 fully saturated rings. The Hall–Kier alpha value is -4.50.